The smallest absolute Gasteiger partial charge is 0.240 e. The second kappa shape index (κ2) is 12.4. The lowest BCUT2D eigenvalue weighted by Gasteiger charge is -2.24. The van der Waals surface area contributed by atoms with Crippen LogP contribution in [0.25, 0.3) is 0 Å². The Morgan fingerprint density at radius 2 is 1.65 bits per heavy atom. The summed E-state index contributed by atoms with van der Waals surface area (Å²) in [6, 6.07) is 7.16. The molecule has 23 heavy (non-hydrogen) atoms. The summed E-state index contributed by atoms with van der Waals surface area (Å²) in [5.41, 5.74) is 0.776. The maximum atomic E-state index is 10.1. The van der Waals surface area contributed by atoms with Crippen molar-refractivity contribution in [3.05, 3.63) is 29.8 Å². The van der Waals surface area contributed by atoms with Crippen LogP contribution in [0.5, 0.6) is 0 Å². The largest absolute Gasteiger partial charge is 0.396 e. The Morgan fingerprint density at radius 1 is 1.04 bits per heavy atom. The van der Waals surface area contributed by atoms with Gasteiger partial charge in [-0.1, -0.05) is 25.1 Å². The van der Waals surface area contributed by atoms with Crippen molar-refractivity contribution >= 4 is 17.8 Å². The molecular formula is C16H22N2O5. The highest BCUT2D eigenvalue weighted by molar-refractivity contribution is 5.53. The van der Waals surface area contributed by atoms with E-state index in [1.807, 2.05) is 19.1 Å². The Kier molecular flexibility index (Phi) is 11.3. The summed E-state index contributed by atoms with van der Waals surface area (Å²) in [4.78, 5) is 26.9. The molecule has 1 aromatic rings. The number of aliphatic hydroxyl groups is 3. The topological polar surface area (TPSA) is 120 Å². The molecule has 0 spiro atoms. The molecule has 0 saturated heterocycles. The van der Waals surface area contributed by atoms with Crippen LogP contribution in [-0.2, 0) is 16.0 Å². The number of rotatable bonds is 8. The van der Waals surface area contributed by atoms with Gasteiger partial charge in [0.1, 0.15) is 0 Å². The van der Waals surface area contributed by atoms with E-state index < -0.39 is 5.41 Å². The molecule has 0 saturated carbocycles. The molecule has 126 valence electrons. The van der Waals surface area contributed by atoms with Gasteiger partial charge in [-0.2, -0.15) is 4.99 Å². The number of aliphatic imine (C=N–C) groups is 2. The van der Waals surface area contributed by atoms with Crippen LogP contribution in [0.2, 0.25) is 0 Å². The van der Waals surface area contributed by atoms with E-state index in [4.69, 9.17) is 15.3 Å². The minimum Gasteiger partial charge on any atom is -0.396 e. The summed E-state index contributed by atoms with van der Waals surface area (Å²) in [6.45, 7) is 1.71. The first-order chi connectivity index (χ1) is 11.1. The first-order valence-electron chi connectivity index (χ1n) is 7.15. The maximum Gasteiger partial charge on any atom is 0.240 e. The lowest BCUT2D eigenvalue weighted by molar-refractivity contribution is 0.00304. The zero-order valence-corrected chi connectivity index (χ0v) is 13.1. The molecule has 3 N–H and O–H groups in total. The van der Waals surface area contributed by atoms with Crippen LogP contribution in [0.15, 0.2) is 34.3 Å². The summed E-state index contributed by atoms with van der Waals surface area (Å²) in [7, 11) is 0. The van der Waals surface area contributed by atoms with E-state index in [2.05, 4.69) is 9.98 Å². The Morgan fingerprint density at radius 3 is 2.09 bits per heavy atom. The molecule has 0 aliphatic heterocycles. The third-order valence-electron chi connectivity index (χ3n) is 3.47. The average Bonchev–Trinajstić information content (AvgIpc) is 2.60. The van der Waals surface area contributed by atoms with Crippen LogP contribution < -0.4 is 0 Å². The third kappa shape index (κ3) is 7.61. The van der Waals surface area contributed by atoms with Gasteiger partial charge in [-0.25, -0.2) is 14.6 Å². The Hall–Kier alpha value is -2.14. The minimum absolute atomic E-state index is 0.156. The minimum atomic E-state index is -0.667. The summed E-state index contributed by atoms with van der Waals surface area (Å²) < 4.78 is 0. The van der Waals surface area contributed by atoms with Crippen molar-refractivity contribution in [2.24, 2.45) is 15.4 Å². The van der Waals surface area contributed by atoms with Gasteiger partial charge in [-0.3, -0.25) is 0 Å². The number of benzene rings is 1. The average molecular weight is 322 g/mol. The monoisotopic (exact) mass is 322 g/mol. The lowest BCUT2D eigenvalue weighted by Crippen LogP contribution is -2.32. The zero-order chi connectivity index (χ0) is 17.6. The SMILES string of the molecule is CCC(CO)(CO)CO.O=C=NCCc1ccccc1N=C=O. The molecule has 0 heterocycles. The fourth-order valence-electron chi connectivity index (χ4n) is 1.59. The van der Waals surface area contributed by atoms with Crippen LogP contribution in [-0.4, -0.2) is 53.8 Å². The molecule has 0 aliphatic rings. The number of para-hydroxylation sites is 1. The van der Waals surface area contributed by atoms with Crippen LogP contribution in [0.4, 0.5) is 5.69 Å². The molecule has 1 aromatic carbocycles. The molecular weight excluding hydrogens is 300 g/mol. The molecule has 0 aromatic heterocycles. The van der Waals surface area contributed by atoms with E-state index in [1.165, 1.54) is 12.2 Å². The number of hydrogen-bond acceptors (Lipinski definition) is 7. The van der Waals surface area contributed by atoms with Crippen LogP contribution in [0, 0.1) is 5.41 Å². The second-order valence-corrected chi connectivity index (χ2v) is 4.88. The van der Waals surface area contributed by atoms with Gasteiger partial charge < -0.3 is 15.3 Å². The first kappa shape index (κ1) is 20.9. The fraction of sp³-hybridized carbons (Fsp3) is 0.500. The summed E-state index contributed by atoms with van der Waals surface area (Å²) in [5, 5.41) is 26.0. The van der Waals surface area contributed by atoms with Gasteiger partial charge in [-0.15, -0.1) is 0 Å². The maximum absolute atomic E-state index is 10.1. The summed E-state index contributed by atoms with van der Waals surface area (Å²) in [5.74, 6) is 0. The van der Waals surface area contributed by atoms with Crippen molar-refractivity contribution in [3.63, 3.8) is 0 Å². The van der Waals surface area contributed by atoms with Crippen LogP contribution in [0.3, 0.4) is 0 Å². The van der Waals surface area contributed by atoms with Crippen molar-refractivity contribution in [1.82, 2.24) is 0 Å². The lowest BCUT2D eigenvalue weighted by atomic mass is 9.88. The van der Waals surface area contributed by atoms with Gasteiger partial charge in [0, 0.05) is 5.41 Å². The van der Waals surface area contributed by atoms with E-state index in [0.29, 0.717) is 25.1 Å². The molecule has 0 fully saturated rings. The molecule has 0 atom stereocenters. The van der Waals surface area contributed by atoms with Crippen molar-refractivity contribution in [2.75, 3.05) is 26.4 Å². The van der Waals surface area contributed by atoms with Crippen molar-refractivity contribution < 1.29 is 24.9 Å². The van der Waals surface area contributed by atoms with Gasteiger partial charge >= 0.3 is 0 Å². The molecule has 7 nitrogen and oxygen atoms in total. The standard InChI is InChI=1S/C10H8N2O2.C6H14O3/c13-7-11-6-5-9-3-1-2-4-10(9)12-8-14;1-2-6(3-7,4-8)5-9/h1-4H,5-6H2;7-9H,2-5H2,1H3. The third-order valence-corrected chi connectivity index (χ3v) is 3.47. The molecule has 0 aliphatic carbocycles. The number of aliphatic hydroxyl groups excluding tert-OH is 3. The van der Waals surface area contributed by atoms with Gasteiger partial charge in [0.2, 0.25) is 12.2 Å². The van der Waals surface area contributed by atoms with Gasteiger partial charge in [0.05, 0.1) is 32.1 Å². The normalized spacial score (nSPS) is 9.91. The highest BCUT2D eigenvalue weighted by Crippen LogP contribution is 2.18. The number of isocyanates is 2. The summed E-state index contributed by atoms with van der Waals surface area (Å²) >= 11 is 0. The fourth-order valence-corrected chi connectivity index (χ4v) is 1.59. The van der Waals surface area contributed by atoms with Gasteiger partial charge in [-0.05, 0) is 24.5 Å². The van der Waals surface area contributed by atoms with Gasteiger partial charge in [0.15, 0.2) is 0 Å². The summed E-state index contributed by atoms with van der Waals surface area (Å²) in [6.07, 6.45) is 4.10. The quantitative estimate of drug-likeness (QED) is 0.485. The van der Waals surface area contributed by atoms with Crippen molar-refractivity contribution in [3.8, 4) is 0 Å². The molecule has 0 unspecified atom stereocenters. The van der Waals surface area contributed by atoms with Gasteiger partial charge in [0.25, 0.3) is 0 Å². The Bertz CT molecular complexity index is 528. The molecule has 0 bridgehead atoms. The van der Waals surface area contributed by atoms with Crippen molar-refractivity contribution in [2.45, 2.75) is 19.8 Å². The Labute approximate surface area is 135 Å². The second-order valence-electron chi connectivity index (χ2n) is 4.88. The predicted octanol–water partition coefficient (Wildman–Crippen LogP) is 0.892. The predicted molar refractivity (Wildman–Crippen MR) is 84.9 cm³/mol. The highest BCUT2D eigenvalue weighted by atomic mass is 16.3. The van der Waals surface area contributed by atoms with E-state index in [9.17, 15) is 9.59 Å². The van der Waals surface area contributed by atoms with E-state index >= 15 is 0 Å². The number of hydrogen-bond donors (Lipinski definition) is 3. The van der Waals surface area contributed by atoms with E-state index in [1.54, 1.807) is 12.1 Å². The van der Waals surface area contributed by atoms with E-state index in [0.717, 1.165) is 5.56 Å². The molecule has 7 heteroatoms. The highest BCUT2D eigenvalue weighted by Gasteiger charge is 2.24. The van der Waals surface area contributed by atoms with Crippen LogP contribution in [0.1, 0.15) is 18.9 Å². The molecule has 0 amide bonds. The van der Waals surface area contributed by atoms with Crippen molar-refractivity contribution in [1.29, 1.82) is 0 Å². The number of nitrogens with zero attached hydrogens (tertiary/aromatic N) is 2. The number of carbonyl (C=O) groups excluding carboxylic acids is 2. The molecule has 0 radical (unpaired) electrons. The zero-order valence-electron chi connectivity index (χ0n) is 13.1. The first-order valence-corrected chi connectivity index (χ1v) is 7.15. The van der Waals surface area contributed by atoms with E-state index in [-0.39, 0.29) is 19.8 Å². The molecule has 1 rings (SSSR count). The van der Waals surface area contributed by atoms with Crippen LogP contribution >= 0.6 is 0 Å². The Balaban J connectivity index is 0.000000468.